The molecule has 2 aromatic heterocycles. The molecule has 0 spiro atoms. The third kappa shape index (κ3) is 3.71. The highest BCUT2D eigenvalue weighted by Gasteiger charge is 2.34. The first-order valence-electron chi connectivity index (χ1n) is 8.55. The molecule has 0 unspecified atom stereocenters. The maximum absolute atomic E-state index is 13.1. The zero-order chi connectivity index (χ0) is 20.5. The van der Waals surface area contributed by atoms with E-state index in [1.165, 1.54) is 18.3 Å². The predicted octanol–water partition coefficient (Wildman–Crippen LogP) is 4.26. The summed E-state index contributed by atoms with van der Waals surface area (Å²) in [6.45, 7) is 5.01. The molecule has 3 N–H and O–H groups in total. The van der Waals surface area contributed by atoms with E-state index in [0.29, 0.717) is 29.8 Å². The van der Waals surface area contributed by atoms with E-state index in [1.807, 2.05) is 18.7 Å². The van der Waals surface area contributed by atoms with Gasteiger partial charge in [-0.3, -0.25) is 0 Å². The number of fused-ring (bicyclic) bond motifs is 1. The summed E-state index contributed by atoms with van der Waals surface area (Å²) in [7, 11) is 0. The summed E-state index contributed by atoms with van der Waals surface area (Å²) in [6, 6.07) is 5.14. The fraction of sp³-hybridized carbons (Fsp3) is 0.278. The number of aromatic amines is 1. The highest BCUT2D eigenvalue weighted by molar-refractivity contribution is 6.00. The van der Waals surface area contributed by atoms with E-state index >= 15 is 0 Å². The number of alkyl halides is 3. The lowest BCUT2D eigenvalue weighted by Crippen LogP contribution is -2.24. The lowest BCUT2D eigenvalue weighted by Gasteiger charge is -2.22. The molecule has 7 nitrogen and oxygen atoms in total. The van der Waals surface area contributed by atoms with Crippen molar-refractivity contribution in [1.29, 1.82) is 0 Å². The van der Waals surface area contributed by atoms with E-state index in [-0.39, 0.29) is 11.5 Å². The molecule has 28 heavy (non-hydrogen) atoms. The van der Waals surface area contributed by atoms with Gasteiger partial charge < -0.3 is 20.3 Å². The number of aromatic nitrogens is 3. The van der Waals surface area contributed by atoms with Crippen molar-refractivity contribution in [1.82, 2.24) is 15.0 Å². The number of H-pyrrole nitrogens is 1. The van der Waals surface area contributed by atoms with Crippen LogP contribution < -0.4 is 10.2 Å². The molecule has 0 aliphatic rings. The largest absolute Gasteiger partial charge is 0.478 e. The van der Waals surface area contributed by atoms with Crippen LogP contribution in [0.25, 0.3) is 11.0 Å². The Bertz CT molecular complexity index is 1010. The van der Waals surface area contributed by atoms with Crippen LogP contribution in [0.4, 0.5) is 30.6 Å². The van der Waals surface area contributed by atoms with Crippen molar-refractivity contribution in [2.75, 3.05) is 23.3 Å². The Kier molecular flexibility index (Phi) is 5.12. The van der Waals surface area contributed by atoms with Crippen LogP contribution in [0.3, 0.4) is 0 Å². The van der Waals surface area contributed by atoms with Crippen LogP contribution in [-0.4, -0.2) is 39.1 Å². The third-order valence-electron chi connectivity index (χ3n) is 4.28. The van der Waals surface area contributed by atoms with Gasteiger partial charge in [0.2, 0.25) is 5.95 Å². The molecule has 0 aliphatic heterocycles. The number of hydrogen-bond acceptors (Lipinski definition) is 5. The molecule has 148 valence electrons. The van der Waals surface area contributed by atoms with Gasteiger partial charge in [-0.1, -0.05) is 0 Å². The van der Waals surface area contributed by atoms with E-state index in [9.17, 15) is 23.1 Å². The molecule has 1 aromatic carbocycles. The number of anilines is 3. The number of carbonyl (C=O) groups is 1. The van der Waals surface area contributed by atoms with Crippen molar-refractivity contribution in [3.8, 4) is 0 Å². The molecule has 0 aliphatic carbocycles. The molecule has 0 radical (unpaired) electrons. The van der Waals surface area contributed by atoms with Gasteiger partial charge in [-0.2, -0.15) is 13.2 Å². The van der Waals surface area contributed by atoms with Crippen molar-refractivity contribution < 1.29 is 23.1 Å². The maximum atomic E-state index is 13.1. The summed E-state index contributed by atoms with van der Waals surface area (Å²) in [5.74, 6) is -1.46. The standard InChI is InChI=1S/C18H18F3N5O2/c1-3-26(4-2)14-9-13-12(8-10(14)16(27)28)23-17(24-13)25-15-11(18(19,20)21)6-5-7-22-15/h5-9H,3-4H2,1-2H3,(H,27,28)(H2,22,23,24,25). The van der Waals surface area contributed by atoms with Crippen molar-refractivity contribution in [3.63, 3.8) is 0 Å². The zero-order valence-electron chi connectivity index (χ0n) is 15.1. The number of carboxylic acids is 1. The SMILES string of the molecule is CCN(CC)c1cc2[nH]c(Nc3ncccc3C(F)(F)F)nc2cc1C(=O)O. The van der Waals surface area contributed by atoms with Gasteiger partial charge in [0.1, 0.15) is 5.82 Å². The Balaban J connectivity index is 2.05. The summed E-state index contributed by atoms with van der Waals surface area (Å²) in [5, 5.41) is 12.1. The van der Waals surface area contributed by atoms with E-state index < -0.39 is 23.5 Å². The summed E-state index contributed by atoms with van der Waals surface area (Å²) in [5.41, 5.74) is 0.474. The van der Waals surface area contributed by atoms with Crippen LogP contribution in [-0.2, 0) is 6.18 Å². The minimum Gasteiger partial charge on any atom is -0.478 e. The number of benzene rings is 1. The first kappa shape index (κ1) is 19.5. The van der Waals surface area contributed by atoms with E-state index in [4.69, 9.17) is 0 Å². The topological polar surface area (TPSA) is 94.1 Å². The van der Waals surface area contributed by atoms with Crippen molar-refractivity contribution in [2.45, 2.75) is 20.0 Å². The second-order valence-electron chi connectivity index (χ2n) is 5.97. The predicted molar refractivity (Wildman–Crippen MR) is 99.1 cm³/mol. The number of rotatable bonds is 6. The van der Waals surface area contributed by atoms with Crippen molar-refractivity contribution in [2.24, 2.45) is 0 Å². The average molecular weight is 393 g/mol. The summed E-state index contributed by atoms with van der Waals surface area (Å²) >= 11 is 0. The van der Waals surface area contributed by atoms with Crippen molar-refractivity contribution in [3.05, 3.63) is 41.6 Å². The van der Waals surface area contributed by atoms with Crippen LogP contribution in [0.2, 0.25) is 0 Å². The van der Waals surface area contributed by atoms with E-state index in [1.54, 1.807) is 6.07 Å². The van der Waals surface area contributed by atoms with Crippen LogP contribution in [0, 0.1) is 0 Å². The molecular weight excluding hydrogens is 375 g/mol. The van der Waals surface area contributed by atoms with Gasteiger partial charge in [0.25, 0.3) is 0 Å². The number of carboxylic acid groups (broad SMARTS) is 1. The quantitative estimate of drug-likeness (QED) is 0.579. The molecule has 0 saturated carbocycles. The van der Waals surface area contributed by atoms with Gasteiger partial charge in [-0.25, -0.2) is 14.8 Å². The molecule has 3 rings (SSSR count). The zero-order valence-corrected chi connectivity index (χ0v) is 15.1. The maximum Gasteiger partial charge on any atom is 0.419 e. The van der Waals surface area contributed by atoms with E-state index in [0.717, 1.165) is 6.07 Å². The van der Waals surface area contributed by atoms with Crippen molar-refractivity contribution >= 4 is 34.5 Å². The van der Waals surface area contributed by atoms with Gasteiger partial charge in [-0.15, -0.1) is 0 Å². The Hall–Kier alpha value is -3.30. The number of nitrogens with one attached hydrogen (secondary N) is 2. The number of hydrogen-bond donors (Lipinski definition) is 3. The van der Waals surface area contributed by atoms with Gasteiger partial charge in [0.15, 0.2) is 0 Å². The number of halogens is 3. The Labute approximate surface area is 158 Å². The molecule has 2 heterocycles. The number of imidazole rings is 1. The Morgan fingerprint density at radius 1 is 1.29 bits per heavy atom. The lowest BCUT2D eigenvalue weighted by atomic mass is 10.1. The average Bonchev–Trinajstić information content (AvgIpc) is 3.02. The van der Waals surface area contributed by atoms with Crippen LogP contribution in [0.15, 0.2) is 30.5 Å². The van der Waals surface area contributed by atoms with Gasteiger partial charge in [0, 0.05) is 19.3 Å². The molecule has 10 heteroatoms. The highest BCUT2D eigenvalue weighted by Crippen LogP contribution is 2.35. The van der Waals surface area contributed by atoms with Crippen LogP contribution in [0.5, 0.6) is 0 Å². The lowest BCUT2D eigenvalue weighted by molar-refractivity contribution is -0.137. The highest BCUT2D eigenvalue weighted by atomic mass is 19.4. The van der Waals surface area contributed by atoms with Crippen LogP contribution >= 0.6 is 0 Å². The van der Waals surface area contributed by atoms with Gasteiger partial charge >= 0.3 is 12.1 Å². The number of pyridine rings is 1. The van der Waals surface area contributed by atoms with E-state index in [2.05, 4.69) is 20.3 Å². The Morgan fingerprint density at radius 3 is 2.61 bits per heavy atom. The monoisotopic (exact) mass is 393 g/mol. The molecule has 0 amide bonds. The summed E-state index contributed by atoms with van der Waals surface area (Å²) in [6.07, 6.45) is -3.34. The smallest absolute Gasteiger partial charge is 0.419 e. The molecule has 0 atom stereocenters. The normalized spacial score (nSPS) is 11.6. The second-order valence-corrected chi connectivity index (χ2v) is 5.97. The molecule has 3 aromatic rings. The molecular formula is C18H18F3N5O2. The Morgan fingerprint density at radius 2 is 2.00 bits per heavy atom. The number of aromatic carboxylic acids is 1. The molecule has 0 bridgehead atoms. The van der Waals surface area contributed by atoms with Gasteiger partial charge in [0.05, 0.1) is 27.8 Å². The van der Waals surface area contributed by atoms with Crippen LogP contribution in [0.1, 0.15) is 29.8 Å². The fourth-order valence-electron chi connectivity index (χ4n) is 2.95. The third-order valence-corrected chi connectivity index (χ3v) is 4.28. The number of nitrogens with zero attached hydrogens (tertiary/aromatic N) is 3. The minimum atomic E-state index is -4.57. The van der Waals surface area contributed by atoms with Gasteiger partial charge in [-0.05, 0) is 38.1 Å². The summed E-state index contributed by atoms with van der Waals surface area (Å²) in [4.78, 5) is 24.3. The summed E-state index contributed by atoms with van der Waals surface area (Å²) < 4.78 is 39.4. The first-order chi connectivity index (χ1) is 13.2. The molecule has 0 saturated heterocycles. The molecule has 0 fully saturated rings. The minimum absolute atomic E-state index is 0.0345. The first-order valence-corrected chi connectivity index (χ1v) is 8.55. The fourth-order valence-corrected chi connectivity index (χ4v) is 2.95. The second kappa shape index (κ2) is 7.37.